The molecule has 0 aliphatic heterocycles. The van der Waals surface area contributed by atoms with Gasteiger partial charge in [0.25, 0.3) is 5.91 Å². The summed E-state index contributed by atoms with van der Waals surface area (Å²) in [5, 5.41) is 12.8. The highest BCUT2D eigenvalue weighted by Crippen LogP contribution is 2.28. The molecular formula is C17H19NO3. The molecule has 0 aliphatic rings. The number of amides is 1. The maximum Gasteiger partial charge on any atom is 0.259 e. The maximum atomic E-state index is 12.3. The summed E-state index contributed by atoms with van der Waals surface area (Å²) in [7, 11) is 0. The van der Waals surface area contributed by atoms with Crippen molar-refractivity contribution in [2.24, 2.45) is 0 Å². The zero-order valence-electron chi connectivity index (χ0n) is 12.4. The van der Waals surface area contributed by atoms with E-state index in [2.05, 4.69) is 5.32 Å². The van der Waals surface area contributed by atoms with Crippen LogP contribution in [0.15, 0.2) is 36.4 Å². The number of nitrogens with one attached hydrogen (secondary N) is 1. The first kappa shape index (κ1) is 14.9. The minimum absolute atomic E-state index is 0.0000663. The second-order valence-electron chi connectivity index (χ2n) is 4.86. The second kappa shape index (κ2) is 6.31. The van der Waals surface area contributed by atoms with Crippen LogP contribution in [-0.2, 0) is 0 Å². The lowest BCUT2D eigenvalue weighted by Crippen LogP contribution is -2.13. The molecule has 0 saturated heterocycles. The predicted molar refractivity (Wildman–Crippen MR) is 83.1 cm³/mol. The van der Waals surface area contributed by atoms with E-state index in [4.69, 9.17) is 4.74 Å². The monoisotopic (exact) mass is 285 g/mol. The molecule has 2 N–H and O–H groups in total. The highest BCUT2D eigenvalue weighted by molar-refractivity contribution is 6.07. The van der Waals surface area contributed by atoms with Crippen molar-refractivity contribution in [1.29, 1.82) is 0 Å². The van der Waals surface area contributed by atoms with Crippen LogP contribution >= 0.6 is 0 Å². The van der Waals surface area contributed by atoms with E-state index in [0.29, 0.717) is 23.6 Å². The summed E-state index contributed by atoms with van der Waals surface area (Å²) in [6, 6.07) is 10.6. The third-order valence-corrected chi connectivity index (χ3v) is 3.17. The van der Waals surface area contributed by atoms with E-state index in [0.717, 1.165) is 5.56 Å². The van der Waals surface area contributed by atoms with E-state index in [9.17, 15) is 9.90 Å². The first-order chi connectivity index (χ1) is 10.0. The zero-order valence-corrected chi connectivity index (χ0v) is 12.4. The van der Waals surface area contributed by atoms with Gasteiger partial charge in [0, 0.05) is 0 Å². The number of carbonyl (C=O) groups excluding carboxylic acids is 1. The largest absolute Gasteiger partial charge is 0.507 e. The van der Waals surface area contributed by atoms with E-state index in [1.165, 1.54) is 0 Å². The van der Waals surface area contributed by atoms with Gasteiger partial charge in [0.05, 0.1) is 17.9 Å². The second-order valence-corrected chi connectivity index (χ2v) is 4.86. The molecule has 0 fully saturated rings. The number of hydrogen-bond donors (Lipinski definition) is 2. The normalized spacial score (nSPS) is 10.2. The Morgan fingerprint density at radius 2 is 2.00 bits per heavy atom. The van der Waals surface area contributed by atoms with Crippen LogP contribution in [-0.4, -0.2) is 17.6 Å². The third kappa shape index (κ3) is 3.34. The van der Waals surface area contributed by atoms with Crippen LogP contribution < -0.4 is 10.1 Å². The fourth-order valence-corrected chi connectivity index (χ4v) is 2.04. The van der Waals surface area contributed by atoms with Gasteiger partial charge in [-0.25, -0.2) is 0 Å². The number of phenolic OH excluding ortho intramolecular Hbond substituents is 1. The third-order valence-electron chi connectivity index (χ3n) is 3.17. The molecule has 21 heavy (non-hydrogen) atoms. The number of ether oxygens (including phenoxy) is 1. The number of para-hydroxylation sites is 1. The molecule has 0 spiro atoms. The van der Waals surface area contributed by atoms with Crippen molar-refractivity contribution >= 4 is 11.6 Å². The van der Waals surface area contributed by atoms with Gasteiger partial charge < -0.3 is 15.2 Å². The number of aromatic hydroxyl groups is 1. The Morgan fingerprint density at radius 3 is 2.71 bits per heavy atom. The van der Waals surface area contributed by atoms with Crippen LogP contribution in [0.25, 0.3) is 0 Å². The number of aryl methyl sites for hydroxylation is 2. The first-order valence-corrected chi connectivity index (χ1v) is 6.86. The van der Waals surface area contributed by atoms with Crippen molar-refractivity contribution in [1.82, 2.24) is 0 Å². The molecule has 4 nitrogen and oxygen atoms in total. The van der Waals surface area contributed by atoms with Gasteiger partial charge >= 0.3 is 0 Å². The standard InChI is InChI=1S/C17H19NO3/c1-4-21-15-10-11(2)8-9-14(15)18-17(20)13-7-5-6-12(3)16(13)19/h5-10,19H,4H2,1-3H3,(H,18,20). The van der Waals surface area contributed by atoms with Gasteiger partial charge in [-0.2, -0.15) is 0 Å². The number of rotatable bonds is 4. The number of benzene rings is 2. The van der Waals surface area contributed by atoms with Crippen LogP contribution in [0.4, 0.5) is 5.69 Å². The first-order valence-electron chi connectivity index (χ1n) is 6.86. The minimum atomic E-state index is -0.360. The van der Waals surface area contributed by atoms with Gasteiger partial charge in [-0.05, 0) is 50.1 Å². The Hall–Kier alpha value is -2.49. The highest BCUT2D eigenvalue weighted by atomic mass is 16.5. The summed E-state index contributed by atoms with van der Waals surface area (Å²) in [6.07, 6.45) is 0. The summed E-state index contributed by atoms with van der Waals surface area (Å²) >= 11 is 0. The molecule has 2 aromatic rings. The fourth-order valence-electron chi connectivity index (χ4n) is 2.04. The molecule has 4 heteroatoms. The van der Waals surface area contributed by atoms with Crippen molar-refractivity contribution in [2.45, 2.75) is 20.8 Å². The Labute approximate surface area is 124 Å². The summed E-state index contributed by atoms with van der Waals surface area (Å²) in [5.41, 5.74) is 2.55. The van der Waals surface area contributed by atoms with Crippen LogP contribution in [0.3, 0.4) is 0 Å². The van der Waals surface area contributed by atoms with Gasteiger partial charge in [0.15, 0.2) is 0 Å². The molecule has 0 aromatic heterocycles. The Balaban J connectivity index is 2.29. The summed E-state index contributed by atoms with van der Waals surface area (Å²) in [5.74, 6) is 0.263. The van der Waals surface area contributed by atoms with E-state index >= 15 is 0 Å². The molecule has 0 aliphatic carbocycles. The number of phenols is 1. The molecule has 110 valence electrons. The summed E-state index contributed by atoms with van der Waals surface area (Å²) < 4.78 is 5.53. The average Bonchev–Trinajstić information content (AvgIpc) is 2.45. The van der Waals surface area contributed by atoms with Crippen molar-refractivity contribution in [3.05, 3.63) is 53.1 Å². The van der Waals surface area contributed by atoms with Crippen molar-refractivity contribution in [3.63, 3.8) is 0 Å². The van der Waals surface area contributed by atoms with E-state index in [1.54, 1.807) is 31.2 Å². The van der Waals surface area contributed by atoms with Crippen LogP contribution in [0.2, 0.25) is 0 Å². The topological polar surface area (TPSA) is 58.6 Å². The van der Waals surface area contributed by atoms with E-state index in [-0.39, 0.29) is 17.2 Å². The molecular weight excluding hydrogens is 266 g/mol. The molecule has 0 atom stereocenters. The van der Waals surface area contributed by atoms with Crippen LogP contribution in [0.5, 0.6) is 11.5 Å². The predicted octanol–water partition coefficient (Wildman–Crippen LogP) is 3.66. The van der Waals surface area contributed by atoms with E-state index in [1.807, 2.05) is 26.0 Å². The zero-order chi connectivity index (χ0) is 15.4. The van der Waals surface area contributed by atoms with Crippen molar-refractivity contribution in [2.75, 3.05) is 11.9 Å². The minimum Gasteiger partial charge on any atom is -0.507 e. The Kier molecular flexibility index (Phi) is 4.48. The molecule has 0 saturated carbocycles. The number of carbonyl (C=O) groups is 1. The lowest BCUT2D eigenvalue weighted by Gasteiger charge is -2.13. The average molecular weight is 285 g/mol. The molecule has 0 bridgehead atoms. The van der Waals surface area contributed by atoms with Crippen molar-refractivity contribution in [3.8, 4) is 11.5 Å². The molecule has 1 amide bonds. The van der Waals surface area contributed by atoms with E-state index < -0.39 is 0 Å². The molecule has 0 unspecified atom stereocenters. The van der Waals surface area contributed by atoms with Gasteiger partial charge in [0.2, 0.25) is 0 Å². The number of hydrogen-bond acceptors (Lipinski definition) is 3. The lowest BCUT2D eigenvalue weighted by atomic mass is 10.1. The van der Waals surface area contributed by atoms with Gasteiger partial charge in [-0.1, -0.05) is 18.2 Å². The van der Waals surface area contributed by atoms with Gasteiger partial charge in [-0.3, -0.25) is 4.79 Å². The lowest BCUT2D eigenvalue weighted by molar-refractivity contribution is 0.102. The maximum absolute atomic E-state index is 12.3. The molecule has 2 aromatic carbocycles. The van der Waals surface area contributed by atoms with Crippen LogP contribution in [0.1, 0.15) is 28.4 Å². The Bertz CT molecular complexity index is 665. The smallest absolute Gasteiger partial charge is 0.259 e. The van der Waals surface area contributed by atoms with Crippen molar-refractivity contribution < 1.29 is 14.6 Å². The summed E-state index contributed by atoms with van der Waals surface area (Å²) in [6.45, 7) is 6.12. The molecule has 2 rings (SSSR count). The molecule has 0 radical (unpaired) electrons. The number of anilines is 1. The highest BCUT2D eigenvalue weighted by Gasteiger charge is 2.14. The van der Waals surface area contributed by atoms with Gasteiger partial charge in [-0.15, -0.1) is 0 Å². The molecule has 0 heterocycles. The SMILES string of the molecule is CCOc1cc(C)ccc1NC(=O)c1cccc(C)c1O. The summed E-state index contributed by atoms with van der Waals surface area (Å²) in [4.78, 5) is 12.3. The van der Waals surface area contributed by atoms with Crippen LogP contribution in [0, 0.1) is 13.8 Å². The Morgan fingerprint density at radius 1 is 1.24 bits per heavy atom. The fraction of sp³-hybridized carbons (Fsp3) is 0.235. The quantitative estimate of drug-likeness (QED) is 0.901. The van der Waals surface area contributed by atoms with Gasteiger partial charge in [0.1, 0.15) is 11.5 Å².